The third kappa shape index (κ3) is 7.56. The van der Waals surface area contributed by atoms with E-state index in [1.807, 2.05) is 21.0 Å². The van der Waals surface area contributed by atoms with Crippen LogP contribution in [-0.4, -0.2) is 51.2 Å². The van der Waals surface area contributed by atoms with Crippen molar-refractivity contribution in [1.82, 2.24) is 10.6 Å². The molecule has 106 valence electrons. The molecule has 0 saturated heterocycles. The summed E-state index contributed by atoms with van der Waals surface area (Å²) in [6.07, 6.45) is 0. The van der Waals surface area contributed by atoms with E-state index in [4.69, 9.17) is 0 Å². The van der Waals surface area contributed by atoms with Gasteiger partial charge in [0.1, 0.15) is 0 Å². The molecule has 0 heterocycles. The highest BCUT2D eigenvalue weighted by molar-refractivity contribution is 5.86. The molecule has 4 heteroatoms. The molecular formula is C14H30N4. The lowest BCUT2D eigenvalue weighted by molar-refractivity contribution is 0.323. The average Bonchev–Trinajstić information content (AvgIpc) is 2.34. The van der Waals surface area contributed by atoms with Gasteiger partial charge in [0.05, 0.1) is 0 Å². The van der Waals surface area contributed by atoms with Gasteiger partial charge in [-0.2, -0.15) is 0 Å². The van der Waals surface area contributed by atoms with Crippen molar-refractivity contribution < 1.29 is 0 Å². The van der Waals surface area contributed by atoms with Gasteiger partial charge in [-0.3, -0.25) is 9.98 Å². The third-order valence-corrected chi connectivity index (χ3v) is 3.23. The second kappa shape index (κ2) is 8.38. The summed E-state index contributed by atoms with van der Waals surface area (Å²) in [6, 6.07) is 0.341. The topological polar surface area (TPSA) is 48.8 Å². The van der Waals surface area contributed by atoms with Crippen LogP contribution in [0.15, 0.2) is 9.98 Å². The van der Waals surface area contributed by atoms with Gasteiger partial charge in [-0.05, 0) is 26.2 Å². The van der Waals surface area contributed by atoms with Gasteiger partial charge in [0, 0.05) is 51.2 Å². The van der Waals surface area contributed by atoms with Crippen molar-refractivity contribution in [2.45, 2.75) is 40.7 Å². The first-order valence-corrected chi connectivity index (χ1v) is 6.62. The van der Waals surface area contributed by atoms with Gasteiger partial charge in [-0.25, -0.2) is 0 Å². The zero-order chi connectivity index (χ0) is 14.2. The number of hydrogen-bond donors (Lipinski definition) is 2. The molecule has 0 radical (unpaired) electrons. The summed E-state index contributed by atoms with van der Waals surface area (Å²) in [5.74, 6) is 0. The van der Waals surface area contributed by atoms with E-state index in [2.05, 4.69) is 48.3 Å². The van der Waals surface area contributed by atoms with E-state index < -0.39 is 0 Å². The fraction of sp³-hybridized carbons (Fsp3) is 0.857. The molecule has 2 N–H and O–H groups in total. The predicted octanol–water partition coefficient (Wildman–Crippen LogP) is 1.76. The van der Waals surface area contributed by atoms with Crippen molar-refractivity contribution in [2.24, 2.45) is 15.4 Å². The van der Waals surface area contributed by atoms with Gasteiger partial charge in [0.25, 0.3) is 0 Å². The van der Waals surface area contributed by atoms with Crippen LogP contribution in [0.1, 0.15) is 34.6 Å². The van der Waals surface area contributed by atoms with E-state index in [1.165, 1.54) is 0 Å². The maximum absolute atomic E-state index is 4.21. The van der Waals surface area contributed by atoms with Crippen molar-refractivity contribution in [1.29, 1.82) is 0 Å². The minimum absolute atomic E-state index is 0.219. The smallest absolute Gasteiger partial charge is 0.0419 e. The molecule has 0 aliphatic carbocycles. The maximum Gasteiger partial charge on any atom is 0.0419 e. The van der Waals surface area contributed by atoms with Crippen LogP contribution >= 0.6 is 0 Å². The molecular weight excluding hydrogens is 224 g/mol. The van der Waals surface area contributed by atoms with Gasteiger partial charge >= 0.3 is 0 Å². The fourth-order valence-electron chi connectivity index (χ4n) is 1.49. The summed E-state index contributed by atoms with van der Waals surface area (Å²) in [4.78, 5) is 8.35. The first kappa shape index (κ1) is 17.3. The Morgan fingerprint density at radius 3 is 2.22 bits per heavy atom. The lowest BCUT2D eigenvalue weighted by Crippen LogP contribution is -2.43. The van der Waals surface area contributed by atoms with Crippen LogP contribution in [-0.2, 0) is 0 Å². The third-order valence-electron chi connectivity index (χ3n) is 3.23. The Kier molecular flexibility index (Phi) is 8.03. The Hall–Kier alpha value is -0.740. The minimum atomic E-state index is 0.219. The fourth-order valence-corrected chi connectivity index (χ4v) is 1.49. The first-order valence-electron chi connectivity index (χ1n) is 6.62. The number of aliphatic imine (C=N–C) groups is 2. The Bertz CT molecular complexity index is 292. The normalized spacial score (nSPS) is 15.9. The summed E-state index contributed by atoms with van der Waals surface area (Å²) in [5.41, 5.74) is 2.50. The van der Waals surface area contributed by atoms with Crippen LogP contribution in [0.25, 0.3) is 0 Å². The largest absolute Gasteiger partial charge is 0.311 e. The van der Waals surface area contributed by atoms with Crippen LogP contribution in [0.2, 0.25) is 0 Å². The van der Waals surface area contributed by atoms with E-state index in [9.17, 15) is 0 Å². The zero-order valence-corrected chi connectivity index (χ0v) is 13.1. The summed E-state index contributed by atoms with van der Waals surface area (Å²) >= 11 is 0. The summed E-state index contributed by atoms with van der Waals surface area (Å²) in [6.45, 7) is 13.6. The molecule has 0 fully saturated rings. The van der Waals surface area contributed by atoms with Crippen molar-refractivity contribution in [3.8, 4) is 0 Å². The molecule has 4 nitrogen and oxygen atoms in total. The Balaban J connectivity index is 4.00. The van der Waals surface area contributed by atoms with Crippen molar-refractivity contribution in [3.05, 3.63) is 0 Å². The van der Waals surface area contributed by atoms with E-state index in [0.717, 1.165) is 31.1 Å². The highest BCUT2D eigenvalue weighted by Crippen LogP contribution is 2.12. The Morgan fingerprint density at radius 2 is 1.72 bits per heavy atom. The van der Waals surface area contributed by atoms with Crippen LogP contribution < -0.4 is 10.6 Å². The first-order chi connectivity index (χ1) is 8.32. The zero-order valence-electron chi connectivity index (χ0n) is 13.1. The predicted molar refractivity (Wildman–Crippen MR) is 82.2 cm³/mol. The molecule has 0 aliphatic heterocycles. The maximum atomic E-state index is 4.21. The molecule has 0 amide bonds. The van der Waals surface area contributed by atoms with Crippen LogP contribution in [0, 0.1) is 5.41 Å². The van der Waals surface area contributed by atoms with Crippen LogP contribution in [0.5, 0.6) is 0 Å². The quantitative estimate of drug-likeness (QED) is 0.649. The van der Waals surface area contributed by atoms with Crippen molar-refractivity contribution in [3.63, 3.8) is 0 Å². The molecule has 18 heavy (non-hydrogen) atoms. The van der Waals surface area contributed by atoms with Crippen molar-refractivity contribution >= 4 is 11.4 Å². The van der Waals surface area contributed by atoms with Gasteiger partial charge in [-0.15, -0.1) is 0 Å². The van der Waals surface area contributed by atoms with Crippen molar-refractivity contribution in [2.75, 3.05) is 33.7 Å². The molecule has 0 bridgehead atoms. The Labute approximate surface area is 112 Å². The Morgan fingerprint density at radius 1 is 1.11 bits per heavy atom. The summed E-state index contributed by atoms with van der Waals surface area (Å²) in [5, 5.41) is 6.97. The number of rotatable bonds is 8. The van der Waals surface area contributed by atoms with E-state index in [0.29, 0.717) is 6.04 Å². The summed E-state index contributed by atoms with van der Waals surface area (Å²) in [7, 11) is 3.67. The lowest BCUT2D eigenvalue weighted by Gasteiger charge is -2.27. The molecule has 0 aromatic rings. The van der Waals surface area contributed by atoms with Gasteiger partial charge in [0.15, 0.2) is 0 Å². The second-order valence-electron chi connectivity index (χ2n) is 5.69. The number of nitrogens with one attached hydrogen (secondary N) is 2. The average molecular weight is 254 g/mol. The van der Waals surface area contributed by atoms with E-state index in [-0.39, 0.29) is 5.41 Å². The molecule has 0 saturated carbocycles. The monoisotopic (exact) mass is 254 g/mol. The van der Waals surface area contributed by atoms with E-state index >= 15 is 0 Å². The molecule has 0 unspecified atom stereocenters. The highest BCUT2D eigenvalue weighted by Gasteiger charge is 2.18. The number of hydrogen-bond acceptors (Lipinski definition) is 4. The summed E-state index contributed by atoms with van der Waals surface area (Å²) < 4.78 is 0. The molecule has 1 atom stereocenters. The molecule has 0 aromatic heterocycles. The second-order valence-corrected chi connectivity index (χ2v) is 5.69. The van der Waals surface area contributed by atoms with Gasteiger partial charge in [-0.1, -0.05) is 13.8 Å². The molecule has 0 spiro atoms. The number of nitrogens with zero attached hydrogens (tertiary/aromatic N) is 2. The van der Waals surface area contributed by atoms with Crippen LogP contribution in [0.3, 0.4) is 0 Å². The lowest BCUT2D eigenvalue weighted by atomic mass is 9.93. The molecule has 0 aliphatic rings. The highest BCUT2D eigenvalue weighted by atomic mass is 15.0. The SMILES string of the molecule is CN=C(C)CNCC(C)(C)CN[C@@H](C)C(C)=NC. The van der Waals surface area contributed by atoms with E-state index in [1.54, 1.807) is 0 Å². The molecule has 0 rings (SSSR count). The standard InChI is InChI=1S/C14H30N4/c1-11(15-6)8-17-9-14(4,5)10-18-13(3)12(2)16-7/h13,17-18H,8-10H2,1-7H3/t13-/m0/s1. The minimum Gasteiger partial charge on any atom is -0.311 e. The van der Waals surface area contributed by atoms with Crippen LogP contribution in [0.4, 0.5) is 0 Å². The van der Waals surface area contributed by atoms with Gasteiger partial charge in [0.2, 0.25) is 0 Å². The van der Waals surface area contributed by atoms with Gasteiger partial charge < -0.3 is 10.6 Å². The molecule has 0 aromatic carbocycles.